The van der Waals surface area contributed by atoms with Gasteiger partial charge in [-0.05, 0) is 37.1 Å². The van der Waals surface area contributed by atoms with Crippen molar-refractivity contribution in [2.45, 2.75) is 25.1 Å². The molecule has 1 aliphatic rings. The number of benzene rings is 2. The Morgan fingerprint density at radius 1 is 1.13 bits per heavy atom. The van der Waals surface area contributed by atoms with E-state index in [0.717, 1.165) is 42.5 Å². The van der Waals surface area contributed by atoms with Gasteiger partial charge in [0, 0.05) is 24.1 Å². The average Bonchev–Trinajstić information content (AvgIpc) is 3.41. The van der Waals surface area contributed by atoms with E-state index in [1.165, 1.54) is 6.07 Å². The second kappa shape index (κ2) is 7.24. The molecule has 0 bridgehead atoms. The van der Waals surface area contributed by atoms with Crippen LogP contribution in [0.3, 0.4) is 0 Å². The van der Waals surface area contributed by atoms with Crippen LogP contribution >= 0.6 is 0 Å². The van der Waals surface area contributed by atoms with Crippen molar-refractivity contribution >= 4 is 22.4 Å². The van der Waals surface area contributed by atoms with Crippen molar-refractivity contribution < 1.29 is 17.9 Å². The maximum Gasteiger partial charge on any atom is 0.416 e. The van der Waals surface area contributed by atoms with Crippen molar-refractivity contribution in [1.29, 1.82) is 0 Å². The molecule has 3 heterocycles. The molecular weight excluding hydrogens is 395 g/mol. The Labute approximate surface area is 169 Å². The molecule has 2 aromatic heterocycles. The highest BCUT2D eigenvalue weighted by Gasteiger charge is 2.31. The Morgan fingerprint density at radius 3 is 2.80 bits per heavy atom. The van der Waals surface area contributed by atoms with Gasteiger partial charge < -0.3 is 10.1 Å². The highest BCUT2D eigenvalue weighted by molar-refractivity contribution is 5.93. The minimum absolute atomic E-state index is 0.118. The van der Waals surface area contributed by atoms with Gasteiger partial charge in [0.05, 0.1) is 17.2 Å². The fraction of sp³-hybridized carbons (Fsp3) is 0.286. The second-order valence-electron chi connectivity index (χ2n) is 7.25. The van der Waals surface area contributed by atoms with Crippen LogP contribution in [0.5, 0.6) is 0 Å². The van der Waals surface area contributed by atoms with Gasteiger partial charge in [-0.2, -0.15) is 17.7 Å². The molecule has 9 heteroatoms. The first kappa shape index (κ1) is 18.8. The molecule has 2 aromatic carbocycles. The van der Waals surface area contributed by atoms with E-state index in [2.05, 4.69) is 20.6 Å². The van der Waals surface area contributed by atoms with Crippen molar-refractivity contribution in [3.05, 3.63) is 54.1 Å². The van der Waals surface area contributed by atoms with Crippen molar-refractivity contribution in [3.63, 3.8) is 0 Å². The molecule has 1 aliphatic heterocycles. The van der Waals surface area contributed by atoms with Crippen LogP contribution in [0.25, 0.3) is 27.8 Å². The lowest BCUT2D eigenvalue weighted by Crippen LogP contribution is -2.19. The molecule has 0 amide bonds. The molecule has 6 nitrogen and oxygen atoms in total. The van der Waals surface area contributed by atoms with Crippen LogP contribution in [-0.4, -0.2) is 39.1 Å². The fourth-order valence-corrected chi connectivity index (χ4v) is 3.74. The third kappa shape index (κ3) is 3.35. The summed E-state index contributed by atoms with van der Waals surface area (Å²) in [4.78, 5) is 4.68. The van der Waals surface area contributed by atoms with Gasteiger partial charge >= 0.3 is 6.18 Å². The second-order valence-corrected chi connectivity index (χ2v) is 7.25. The number of alkyl halides is 3. The lowest BCUT2D eigenvalue weighted by Gasteiger charge is -2.14. The Kier molecular flexibility index (Phi) is 4.54. The zero-order chi connectivity index (χ0) is 20.7. The first-order valence-corrected chi connectivity index (χ1v) is 9.68. The summed E-state index contributed by atoms with van der Waals surface area (Å²) < 4.78 is 46.7. The van der Waals surface area contributed by atoms with Crippen LogP contribution in [0.15, 0.2) is 48.5 Å². The van der Waals surface area contributed by atoms with Crippen LogP contribution in [0, 0.1) is 0 Å². The molecule has 1 unspecified atom stereocenters. The zero-order valence-corrected chi connectivity index (χ0v) is 15.9. The molecule has 154 valence electrons. The van der Waals surface area contributed by atoms with Gasteiger partial charge in [0.15, 0.2) is 5.65 Å². The molecule has 1 fully saturated rings. The summed E-state index contributed by atoms with van der Waals surface area (Å²) in [5.74, 6) is 0.629. The Balaban J connectivity index is 1.63. The van der Waals surface area contributed by atoms with Crippen molar-refractivity contribution in [3.8, 4) is 11.3 Å². The van der Waals surface area contributed by atoms with Crippen LogP contribution in [0.1, 0.15) is 18.4 Å². The van der Waals surface area contributed by atoms with Crippen molar-refractivity contribution in [2.24, 2.45) is 0 Å². The topological polar surface area (TPSA) is 64.3 Å². The van der Waals surface area contributed by atoms with Gasteiger partial charge in [-0.1, -0.05) is 29.5 Å². The number of aromatic nitrogens is 4. The van der Waals surface area contributed by atoms with Gasteiger partial charge in [-0.3, -0.25) is 0 Å². The highest BCUT2D eigenvalue weighted by atomic mass is 19.4. The van der Waals surface area contributed by atoms with Gasteiger partial charge in [0.2, 0.25) is 0 Å². The molecule has 5 rings (SSSR count). The molecule has 0 radical (unpaired) electrons. The molecule has 0 aliphatic carbocycles. The number of ether oxygens (including phenoxy) is 1. The molecule has 0 spiro atoms. The molecule has 4 aromatic rings. The Bertz CT molecular complexity index is 1210. The number of rotatable bonds is 4. The number of nitrogens with zero attached hydrogens (tertiary/aromatic N) is 4. The SMILES string of the molecule is FC(F)(F)c1cccc(-c2nnn3c2nc(NCC2CCCO2)c2ccccc23)c1. The van der Waals surface area contributed by atoms with E-state index in [1.54, 1.807) is 10.6 Å². The van der Waals surface area contributed by atoms with E-state index >= 15 is 0 Å². The van der Waals surface area contributed by atoms with Crippen LogP contribution in [-0.2, 0) is 10.9 Å². The number of hydrogen-bond acceptors (Lipinski definition) is 5. The molecule has 1 saturated heterocycles. The number of anilines is 1. The van der Waals surface area contributed by atoms with Crippen LogP contribution < -0.4 is 5.32 Å². The summed E-state index contributed by atoms with van der Waals surface area (Å²) in [6.07, 6.45) is -2.30. The lowest BCUT2D eigenvalue weighted by molar-refractivity contribution is -0.137. The highest BCUT2D eigenvalue weighted by Crippen LogP contribution is 2.33. The van der Waals surface area contributed by atoms with E-state index in [-0.39, 0.29) is 6.10 Å². The quantitative estimate of drug-likeness (QED) is 0.532. The number of fused-ring (bicyclic) bond motifs is 3. The minimum Gasteiger partial charge on any atom is -0.376 e. The van der Waals surface area contributed by atoms with Gasteiger partial charge in [-0.25, -0.2) is 4.98 Å². The maximum atomic E-state index is 13.2. The van der Waals surface area contributed by atoms with Crippen molar-refractivity contribution in [1.82, 2.24) is 19.8 Å². The fourth-order valence-electron chi connectivity index (χ4n) is 3.74. The van der Waals surface area contributed by atoms with E-state index in [4.69, 9.17) is 4.74 Å². The monoisotopic (exact) mass is 413 g/mol. The summed E-state index contributed by atoms with van der Waals surface area (Å²) in [7, 11) is 0. The van der Waals surface area contributed by atoms with E-state index < -0.39 is 11.7 Å². The number of halogens is 3. The summed E-state index contributed by atoms with van der Waals surface area (Å²) in [5, 5.41) is 12.5. The summed E-state index contributed by atoms with van der Waals surface area (Å²) in [6, 6.07) is 12.6. The summed E-state index contributed by atoms with van der Waals surface area (Å²) >= 11 is 0. The van der Waals surface area contributed by atoms with Crippen molar-refractivity contribution in [2.75, 3.05) is 18.5 Å². The number of hydrogen-bond donors (Lipinski definition) is 1. The van der Waals surface area contributed by atoms with Crippen LogP contribution in [0.4, 0.5) is 19.0 Å². The molecule has 1 N–H and O–H groups in total. The zero-order valence-electron chi connectivity index (χ0n) is 15.9. The summed E-state index contributed by atoms with van der Waals surface area (Å²) in [5.41, 5.74) is 1.03. The lowest BCUT2D eigenvalue weighted by atomic mass is 10.1. The number of para-hydroxylation sites is 1. The number of nitrogens with one attached hydrogen (secondary N) is 1. The Morgan fingerprint density at radius 2 is 2.00 bits per heavy atom. The third-order valence-electron chi connectivity index (χ3n) is 5.24. The van der Waals surface area contributed by atoms with E-state index in [9.17, 15) is 13.2 Å². The smallest absolute Gasteiger partial charge is 0.376 e. The molecular formula is C21H18F3N5O. The molecule has 0 saturated carbocycles. The van der Waals surface area contributed by atoms with E-state index in [1.807, 2.05) is 24.3 Å². The van der Waals surface area contributed by atoms with Gasteiger partial charge in [0.25, 0.3) is 0 Å². The first-order chi connectivity index (χ1) is 14.5. The molecule has 30 heavy (non-hydrogen) atoms. The maximum absolute atomic E-state index is 13.2. The first-order valence-electron chi connectivity index (χ1n) is 9.68. The predicted octanol–water partition coefficient (Wildman–Crippen LogP) is 4.55. The Hall–Kier alpha value is -3.20. The minimum atomic E-state index is -4.44. The predicted molar refractivity (Wildman–Crippen MR) is 106 cm³/mol. The van der Waals surface area contributed by atoms with E-state index in [0.29, 0.717) is 29.3 Å². The normalized spacial score (nSPS) is 17.1. The average molecular weight is 413 g/mol. The van der Waals surface area contributed by atoms with Gasteiger partial charge in [0.1, 0.15) is 11.5 Å². The standard InChI is InChI=1S/C21H18F3N5O/c22-21(23,24)14-6-3-5-13(11-14)18-20-26-19(25-12-15-7-4-10-30-15)16-8-1-2-9-17(16)29(20)28-27-18/h1-3,5-6,8-9,11,15H,4,7,10,12H2,(H,25,26). The van der Waals surface area contributed by atoms with Gasteiger partial charge in [-0.15, -0.1) is 5.10 Å². The molecule has 1 atom stereocenters. The summed E-state index contributed by atoms with van der Waals surface area (Å²) in [6.45, 7) is 1.36. The largest absolute Gasteiger partial charge is 0.416 e. The van der Waals surface area contributed by atoms with Crippen LogP contribution in [0.2, 0.25) is 0 Å². The third-order valence-corrected chi connectivity index (χ3v) is 5.24.